The highest BCUT2D eigenvalue weighted by molar-refractivity contribution is 6.05. The van der Waals surface area contributed by atoms with Crippen LogP contribution in [0, 0.1) is 6.92 Å². The molecule has 1 amide bonds. The van der Waals surface area contributed by atoms with E-state index in [9.17, 15) is 9.59 Å². The Labute approximate surface area is 238 Å². The lowest BCUT2D eigenvalue weighted by atomic mass is 10.00. The van der Waals surface area contributed by atoms with Crippen LogP contribution in [0.2, 0.25) is 0 Å². The Morgan fingerprint density at radius 2 is 1.54 bits per heavy atom. The minimum absolute atomic E-state index is 0.197. The van der Waals surface area contributed by atoms with Gasteiger partial charge in [-0.25, -0.2) is 0 Å². The zero-order chi connectivity index (χ0) is 28.9. The SMILES string of the molecule is COc1ccc(-c2nn(-c3ccccc3)c(OC(C)=O)c2-c2ccc(NC(=O)c3ccccc3C)cc2)c(OC)c1. The standard InChI is InChI=1S/C33H29N3O5/c1-21-10-8-9-13-27(21)32(38)34-24-16-14-23(15-17-24)30-31(28-19-18-26(39-3)20-29(28)40-4)35-36(33(30)41-22(2)37)25-11-6-5-7-12-25/h5-20H,1-4H3,(H,34,38). The molecule has 41 heavy (non-hydrogen) atoms. The summed E-state index contributed by atoms with van der Waals surface area (Å²) < 4.78 is 18.5. The summed E-state index contributed by atoms with van der Waals surface area (Å²) in [5.41, 5.74) is 5.37. The summed E-state index contributed by atoms with van der Waals surface area (Å²) in [7, 11) is 3.16. The highest BCUT2D eigenvalue weighted by atomic mass is 16.5. The number of esters is 1. The Morgan fingerprint density at radius 1 is 0.829 bits per heavy atom. The molecule has 0 atom stereocenters. The molecule has 0 bridgehead atoms. The van der Waals surface area contributed by atoms with Crippen molar-refractivity contribution >= 4 is 17.6 Å². The molecule has 0 spiro atoms. The molecule has 0 unspecified atom stereocenters. The minimum atomic E-state index is -0.487. The van der Waals surface area contributed by atoms with E-state index in [1.807, 2.05) is 79.7 Å². The number of carbonyl (C=O) groups excluding carboxylic acids is 2. The van der Waals surface area contributed by atoms with E-state index in [4.69, 9.17) is 19.3 Å². The Hall–Kier alpha value is -5.37. The number of ether oxygens (including phenoxy) is 3. The predicted molar refractivity (Wildman–Crippen MR) is 158 cm³/mol. The minimum Gasteiger partial charge on any atom is -0.497 e. The molecule has 4 aromatic carbocycles. The van der Waals surface area contributed by atoms with Crippen molar-refractivity contribution in [3.63, 3.8) is 0 Å². The number of para-hydroxylation sites is 1. The Morgan fingerprint density at radius 3 is 2.20 bits per heavy atom. The van der Waals surface area contributed by atoms with Gasteiger partial charge in [-0.3, -0.25) is 9.59 Å². The third-order valence-electron chi connectivity index (χ3n) is 6.57. The molecule has 0 aliphatic carbocycles. The van der Waals surface area contributed by atoms with Crippen molar-refractivity contribution < 1.29 is 23.8 Å². The number of anilines is 1. The van der Waals surface area contributed by atoms with Gasteiger partial charge in [0.2, 0.25) is 5.88 Å². The topological polar surface area (TPSA) is 91.7 Å². The lowest BCUT2D eigenvalue weighted by Crippen LogP contribution is -2.13. The van der Waals surface area contributed by atoms with Gasteiger partial charge >= 0.3 is 5.97 Å². The molecule has 5 aromatic rings. The number of hydrogen-bond acceptors (Lipinski definition) is 6. The van der Waals surface area contributed by atoms with Gasteiger partial charge in [-0.2, -0.15) is 9.78 Å². The summed E-state index contributed by atoms with van der Waals surface area (Å²) in [4.78, 5) is 25.2. The highest BCUT2D eigenvalue weighted by Gasteiger charge is 2.26. The van der Waals surface area contributed by atoms with Gasteiger partial charge in [0.05, 0.1) is 25.5 Å². The van der Waals surface area contributed by atoms with Crippen molar-refractivity contribution in [2.24, 2.45) is 0 Å². The van der Waals surface area contributed by atoms with Crippen molar-refractivity contribution in [1.82, 2.24) is 9.78 Å². The molecule has 8 heteroatoms. The van der Waals surface area contributed by atoms with E-state index in [0.717, 1.165) is 11.1 Å². The fourth-order valence-corrected chi connectivity index (χ4v) is 4.57. The van der Waals surface area contributed by atoms with Crippen molar-refractivity contribution in [3.8, 4) is 45.5 Å². The number of carbonyl (C=O) groups is 2. The highest BCUT2D eigenvalue weighted by Crippen LogP contribution is 2.44. The van der Waals surface area contributed by atoms with Crippen molar-refractivity contribution in [1.29, 1.82) is 0 Å². The van der Waals surface area contributed by atoms with Crippen LogP contribution >= 0.6 is 0 Å². The van der Waals surface area contributed by atoms with Gasteiger partial charge in [0.1, 0.15) is 17.2 Å². The molecule has 0 aliphatic heterocycles. The third kappa shape index (κ3) is 5.67. The van der Waals surface area contributed by atoms with Crippen molar-refractivity contribution in [2.45, 2.75) is 13.8 Å². The van der Waals surface area contributed by atoms with Crippen LogP contribution in [-0.2, 0) is 4.79 Å². The molecule has 1 N–H and O–H groups in total. The number of aromatic nitrogens is 2. The van der Waals surface area contributed by atoms with E-state index in [1.54, 1.807) is 43.2 Å². The first-order valence-electron chi connectivity index (χ1n) is 13.0. The van der Waals surface area contributed by atoms with Gasteiger partial charge < -0.3 is 19.5 Å². The molecule has 1 aromatic heterocycles. The van der Waals surface area contributed by atoms with Crippen molar-refractivity contribution in [2.75, 3.05) is 19.5 Å². The summed E-state index contributed by atoms with van der Waals surface area (Å²) in [5, 5.41) is 7.87. The number of methoxy groups -OCH3 is 2. The molecule has 0 fully saturated rings. The van der Waals surface area contributed by atoms with E-state index < -0.39 is 5.97 Å². The molecule has 5 rings (SSSR count). The lowest BCUT2D eigenvalue weighted by molar-refractivity contribution is -0.132. The molecular weight excluding hydrogens is 518 g/mol. The molecule has 0 saturated heterocycles. The third-order valence-corrected chi connectivity index (χ3v) is 6.57. The normalized spacial score (nSPS) is 10.6. The van der Waals surface area contributed by atoms with E-state index in [1.165, 1.54) is 6.92 Å². The molecule has 8 nitrogen and oxygen atoms in total. The predicted octanol–water partition coefficient (Wildman–Crippen LogP) is 6.71. The van der Waals surface area contributed by atoms with Crippen LogP contribution in [0.15, 0.2) is 97.1 Å². The second-order valence-corrected chi connectivity index (χ2v) is 9.28. The van der Waals surface area contributed by atoms with E-state index in [-0.39, 0.29) is 11.8 Å². The fraction of sp³-hybridized carbons (Fsp3) is 0.121. The maximum atomic E-state index is 12.9. The maximum absolute atomic E-state index is 12.9. The molecule has 0 saturated carbocycles. The Kier molecular flexibility index (Phi) is 7.83. The second kappa shape index (κ2) is 11.8. The summed E-state index contributed by atoms with van der Waals surface area (Å²) in [6.07, 6.45) is 0. The number of rotatable bonds is 8. The number of nitrogens with zero attached hydrogens (tertiary/aromatic N) is 2. The second-order valence-electron chi connectivity index (χ2n) is 9.28. The monoisotopic (exact) mass is 547 g/mol. The van der Waals surface area contributed by atoms with Gasteiger partial charge in [0.15, 0.2) is 0 Å². The summed E-state index contributed by atoms with van der Waals surface area (Å²) >= 11 is 0. The number of aryl methyl sites for hydroxylation is 1. The lowest BCUT2D eigenvalue weighted by Gasteiger charge is -2.12. The quantitative estimate of drug-likeness (QED) is 0.217. The zero-order valence-electron chi connectivity index (χ0n) is 23.2. The van der Waals surface area contributed by atoms with Crippen LogP contribution in [0.5, 0.6) is 17.4 Å². The molecule has 206 valence electrons. The molecule has 0 radical (unpaired) electrons. The average Bonchev–Trinajstić information content (AvgIpc) is 3.35. The van der Waals surface area contributed by atoms with Crippen LogP contribution in [0.3, 0.4) is 0 Å². The molecule has 0 aliphatic rings. The first kappa shape index (κ1) is 27.2. The van der Waals surface area contributed by atoms with Crippen LogP contribution in [0.25, 0.3) is 28.1 Å². The van der Waals surface area contributed by atoms with E-state index in [0.29, 0.717) is 45.3 Å². The first-order chi connectivity index (χ1) is 19.9. The Bertz CT molecular complexity index is 1710. The van der Waals surface area contributed by atoms with Crippen LogP contribution in [0.4, 0.5) is 5.69 Å². The number of hydrogen-bond donors (Lipinski definition) is 1. The Balaban J connectivity index is 1.65. The summed E-state index contributed by atoms with van der Waals surface area (Å²) in [6, 6.07) is 29.6. The van der Waals surface area contributed by atoms with Crippen molar-refractivity contribution in [3.05, 3.63) is 108 Å². The van der Waals surface area contributed by atoms with Gasteiger partial charge in [0, 0.05) is 29.8 Å². The largest absolute Gasteiger partial charge is 0.497 e. The number of nitrogens with one attached hydrogen (secondary N) is 1. The van der Waals surface area contributed by atoms with Gasteiger partial charge in [0.25, 0.3) is 5.91 Å². The number of amides is 1. The van der Waals surface area contributed by atoms with E-state index >= 15 is 0 Å². The molecular formula is C33H29N3O5. The van der Waals surface area contributed by atoms with Gasteiger partial charge in [-0.15, -0.1) is 0 Å². The summed E-state index contributed by atoms with van der Waals surface area (Å²) in [6.45, 7) is 3.25. The average molecular weight is 548 g/mol. The molecule has 1 heterocycles. The van der Waals surface area contributed by atoms with Gasteiger partial charge in [-0.05, 0) is 60.5 Å². The zero-order valence-corrected chi connectivity index (χ0v) is 23.2. The van der Waals surface area contributed by atoms with Crippen LogP contribution in [0.1, 0.15) is 22.8 Å². The van der Waals surface area contributed by atoms with Crippen LogP contribution < -0.4 is 19.5 Å². The van der Waals surface area contributed by atoms with Crippen LogP contribution in [-0.4, -0.2) is 35.9 Å². The number of benzene rings is 4. The summed E-state index contributed by atoms with van der Waals surface area (Å²) in [5.74, 6) is 0.743. The van der Waals surface area contributed by atoms with Gasteiger partial charge in [-0.1, -0.05) is 48.5 Å². The smallest absolute Gasteiger partial charge is 0.309 e. The van der Waals surface area contributed by atoms with E-state index in [2.05, 4.69) is 5.32 Å². The maximum Gasteiger partial charge on any atom is 0.309 e. The fourth-order valence-electron chi connectivity index (χ4n) is 4.57. The first-order valence-corrected chi connectivity index (χ1v) is 13.0.